The molecule has 1 unspecified atom stereocenters. The predicted octanol–water partition coefficient (Wildman–Crippen LogP) is 2.52. The quantitative estimate of drug-likeness (QED) is 0.826. The van der Waals surface area contributed by atoms with Gasteiger partial charge in [-0.1, -0.05) is 11.6 Å². The fourth-order valence-corrected chi connectivity index (χ4v) is 1.48. The number of halogens is 2. The average Bonchev–Trinajstić information content (AvgIpc) is 2.30. The summed E-state index contributed by atoms with van der Waals surface area (Å²) in [7, 11) is 0. The first-order chi connectivity index (χ1) is 8.04. The molecule has 0 spiro atoms. The summed E-state index contributed by atoms with van der Waals surface area (Å²) in [5.74, 6) is -0.685. The topological polar surface area (TPSA) is 38.3 Å². The highest BCUT2D eigenvalue weighted by Gasteiger charge is 2.13. The summed E-state index contributed by atoms with van der Waals surface area (Å²) in [6.45, 7) is 4.08. The van der Waals surface area contributed by atoms with Gasteiger partial charge in [0.1, 0.15) is 11.9 Å². The smallest absolute Gasteiger partial charge is 0.322 e. The summed E-state index contributed by atoms with van der Waals surface area (Å²) in [5.41, 5.74) is 0.614. The molecule has 0 aliphatic carbocycles. The van der Waals surface area contributed by atoms with Crippen molar-refractivity contribution in [2.24, 2.45) is 0 Å². The number of hydrogen-bond donors (Lipinski definition) is 1. The zero-order valence-corrected chi connectivity index (χ0v) is 10.6. The molecule has 0 bridgehead atoms. The van der Waals surface area contributed by atoms with Crippen LogP contribution in [0, 0.1) is 5.82 Å². The second kappa shape index (κ2) is 6.57. The van der Waals surface area contributed by atoms with E-state index in [0.717, 1.165) is 0 Å². The van der Waals surface area contributed by atoms with E-state index < -0.39 is 6.04 Å². The van der Waals surface area contributed by atoms with Crippen molar-refractivity contribution in [1.29, 1.82) is 0 Å². The van der Waals surface area contributed by atoms with Crippen molar-refractivity contribution in [2.45, 2.75) is 26.4 Å². The molecule has 0 amide bonds. The van der Waals surface area contributed by atoms with Gasteiger partial charge in [-0.3, -0.25) is 4.79 Å². The molecular weight excluding hydrogens is 245 g/mol. The van der Waals surface area contributed by atoms with Crippen molar-refractivity contribution >= 4 is 17.6 Å². The Morgan fingerprint density at radius 2 is 2.29 bits per heavy atom. The third-order valence-corrected chi connectivity index (χ3v) is 2.62. The molecule has 5 heteroatoms. The van der Waals surface area contributed by atoms with Crippen molar-refractivity contribution < 1.29 is 13.9 Å². The minimum atomic E-state index is -0.450. The molecule has 0 saturated heterocycles. The van der Waals surface area contributed by atoms with Crippen LogP contribution in [-0.4, -0.2) is 18.6 Å². The first-order valence-electron chi connectivity index (χ1n) is 5.38. The molecule has 0 aliphatic heterocycles. The van der Waals surface area contributed by atoms with E-state index >= 15 is 0 Å². The molecule has 1 N–H and O–H groups in total. The molecule has 0 radical (unpaired) electrons. The summed E-state index contributed by atoms with van der Waals surface area (Å²) < 4.78 is 17.8. The van der Waals surface area contributed by atoms with Gasteiger partial charge in [0.2, 0.25) is 0 Å². The molecule has 0 aliphatic rings. The van der Waals surface area contributed by atoms with Gasteiger partial charge in [0, 0.05) is 11.6 Å². The van der Waals surface area contributed by atoms with E-state index in [9.17, 15) is 9.18 Å². The maximum Gasteiger partial charge on any atom is 0.322 e. The second-order valence-electron chi connectivity index (χ2n) is 3.59. The lowest BCUT2D eigenvalue weighted by molar-refractivity contribution is -0.145. The van der Waals surface area contributed by atoms with Crippen molar-refractivity contribution in [2.75, 3.05) is 6.61 Å². The Morgan fingerprint density at radius 3 is 2.94 bits per heavy atom. The van der Waals surface area contributed by atoms with Crippen LogP contribution in [0.25, 0.3) is 0 Å². The second-order valence-corrected chi connectivity index (χ2v) is 4.00. The summed E-state index contributed by atoms with van der Waals surface area (Å²) in [5, 5.41) is 3.39. The Hall–Kier alpha value is -1.13. The average molecular weight is 260 g/mol. The van der Waals surface area contributed by atoms with Gasteiger partial charge in [0.05, 0.1) is 6.61 Å². The van der Waals surface area contributed by atoms with Crippen LogP contribution in [0.2, 0.25) is 5.02 Å². The molecule has 1 aromatic rings. The van der Waals surface area contributed by atoms with E-state index in [1.165, 1.54) is 18.2 Å². The van der Waals surface area contributed by atoms with E-state index in [2.05, 4.69) is 5.32 Å². The van der Waals surface area contributed by atoms with Crippen molar-refractivity contribution in [3.8, 4) is 0 Å². The molecule has 0 saturated carbocycles. The lowest BCUT2D eigenvalue weighted by Crippen LogP contribution is -2.35. The maximum atomic E-state index is 13.0. The number of carbonyl (C=O) groups excluding carboxylic acids is 1. The number of nitrogens with one attached hydrogen (secondary N) is 1. The number of hydrogen-bond acceptors (Lipinski definition) is 3. The zero-order chi connectivity index (χ0) is 12.8. The van der Waals surface area contributed by atoms with E-state index in [0.29, 0.717) is 23.7 Å². The minimum Gasteiger partial charge on any atom is -0.465 e. The number of benzene rings is 1. The highest BCUT2D eigenvalue weighted by Crippen LogP contribution is 2.16. The third kappa shape index (κ3) is 4.32. The summed E-state index contributed by atoms with van der Waals surface area (Å²) >= 11 is 5.90. The molecule has 1 rings (SSSR count). The van der Waals surface area contributed by atoms with Gasteiger partial charge < -0.3 is 10.1 Å². The lowest BCUT2D eigenvalue weighted by Gasteiger charge is -2.13. The van der Waals surface area contributed by atoms with Crippen molar-refractivity contribution in [3.63, 3.8) is 0 Å². The Kier molecular flexibility index (Phi) is 5.38. The zero-order valence-electron chi connectivity index (χ0n) is 9.80. The first kappa shape index (κ1) is 13.9. The SMILES string of the molecule is CCOC(=O)C(C)NCc1cc(F)ccc1Cl. The van der Waals surface area contributed by atoms with Crippen LogP contribution >= 0.6 is 11.6 Å². The van der Waals surface area contributed by atoms with E-state index in [1.807, 2.05) is 0 Å². The number of ether oxygens (including phenoxy) is 1. The Balaban J connectivity index is 2.55. The summed E-state index contributed by atoms with van der Waals surface area (Å²) in [6.07, 6.45) is 0. The maximum absolute atomic E-state index is 13.0. The largest absolute Gasteiger partial charge is 0.465 e. The van der Waals surface area contributed by atoms with Gasteiger partial charge in [-0.05, 0) is 37.6 Å². The van der Waals surface area contributed by atoms with Gasteiger partial charge in [0.25, 0.3) is 0 Å². The molecule has 0 fully saturated rings. The molecule has 1 aromatic carbocycles. The Bertz CT molecular complexity index is 398. The van der Waals surface area contributed by atoms with Crippen LogP contribution in [-0.2, 0) is 16.1 Å². The third-order valence-electron chi connectivity index (χ3n) is 2.25. The van der Waals surface area contributed by atoms with Gasteiger partial charge in [-0.25, -0.2) is 4.39 Å². The van der Waals surface area contributed by atoms with Crippen molar-refractivity contribution in [1.82, 2.24) is 5.32 Å². The molecular formula is C12H15ClFNO2. The van der Waals surface area contributed by atoms with Gasteiger partial charge >= 0.3 is 5.97 Å². The predicted molar refractivity (Wildman–Crippen MR) is 64.3 cm³/mol. The van der Waals surface area contributed by atoms with E-state index in [4.69, 9.17) is 16.3 Å². The fraction of sp³-hybridized carbons (Fsp3) is 0.417. The summed E-state index contributed by atoms with van der Waals surface area (Å²) in [4.78, 5) is 11.3. The Labute approximate surface area is 105 Å². The summed E-state index contributed by atoms with van der Waals surface area (Å²) in [6, 6.07) is 3.67. The normalized spacial score (nSPS) is 12.2. The minimum absolute atomic E-state index is 0.316. The number of carbonyl (C=O) groups is 1. The molecule has 1 atom stereocenters. The van der Waals surface area contributed by atoms with Gasteiger partial charge in [-0.15, -0.1) is 0 Å². The molecule has 17 heavy (non-hydrogen) atoms. The van der Waals surface area contributed by atoms with Gasteiger partial charge in [0.15, 0.2) is 0 Å². The van der Waals surface area contributed by atoms with E-state index in [-0.39, 0.29) is 11.8 Å². The molecule has 94 valence electrons. The van der Waals surface area contributed by atoms with E-state index in [1.54, 1.807) is 13.8 Å². The standard InChI is InChI=1S/C12H15ClFNO2/c1-3-17-12(16)8(2)15-7-9-6-10(14)4-5-11(9)13/h4-6,8,15H,3,7H2,1-2H3. The highest BCUT2D eigenvalue weighted by atomic mass is 35.5. The highest BCUT2D eigenvalue weighted by molar-refractivity contribution is 6.31. The number of rotatable bonds is 5. The van der Waals surface area contributed by atoms with Crippen molar-refractivity contribution in [3.05, 3.63) is 34.6 Å². The van der Waals surface area contributed by atoms with Crippen LogP contribution in [0.5, 0.6) is 0 Å². The number of esters is 1. The van der Waals surface area contributed by atoms with Crippen LogP contribution in [0.15, 0.2) is 18.2 Å². The van der Waals surface area contributed by atoms with Crippen LogP contribution in [0.3, 0.4) is 0 Å². The van der Waals surface area contributed by atoms with Gasteiger partial charge in [-0.2, -0.15) is 0 Å². The Morgan fingerprint density at radius 1 is 1.59 bits per heavy atom. The fourth-order valence-electron chi connectivity index (χ4n) is 1.29. The molecule has 3 nitrogen and oxygen atoms in total. The van der Waals surface area contributed by atoms with Crippen LogP contribution in [0.1, 0.15) is 19.4 Å². The monoisotopic (exact) mass is 259 g/mol. The molecule has 0 aromatic heterocycles. The molecule has 0 heterocycles. The lowest BCUT2D eigenvalue weighted by atomic mass is 10.2. The first-order valence-corrected chi connectivity index (χ1v) is 5.76. The van der Waals surface area contributed by atoms with Crippen LogP contribution < -0.4 is 5.32 Å². The van der Waals surface area contributed by atoms with Crippen LogP contribution in [0.4, 0.5) is 4.39 Å².